The number of aromatic nitrogens is 1. The highest BCUT2D eigenvalue weighted by molar-refractivity contribution is 5.45. The average molecular weight is 176 g/mol. The standard InChI is InChI=1S/C7H7F3N2/c8-2-4-1-5(7(9)10)6(11)3-12-4/h1,3,7H,2,11H2. The van der Waals surface area contributed by atoms with E-state index in [1.807, 2.05) is 0 Å². The molecule has 0 aliphatic heterocycles. The van der Waals surface area contributed by atoms with Crippen LogP contribution in [0.1, 0.15) is 17.7 Å². The molecule has 5 heteroatoms. The second-order valence-electron chi connectivity index (χ2n) is 2.24. The maximum absolute atomic E-state index is 12.1. The number of rotatable bonds is 2. The molecule has 1 rings (SSSR count). The van der Waals surface area contributed by atoms with E-state index in [0.717, 1.165) is 12.3 Å². The normalized spacial score (nSPS) is 10.7. The molecular weight excluding hydrogens is 169 g/mol. The molecule has 0 saturated carbocycles. The molecule has 0 radical (unpaired) electrons. The second kappa shape index (κ2) is 3.42. The minimum atomic E-state index is -2.68. The first-order chi connectivity index (χ1) is 5.65. The van der Waals surface area contributed by atoms with Crippen LogP contribution in [0.5, 0.6) is 0 Å². The van der Waals surface area contributed by atoms with Gasteiger partial charge in [0.25, 0.3) is 6.43 Å². The summed E-state index contributed by atoms with van der Waals surface area (Å²) in [6.45, 7) is -0.861. The molecule has 0 atom stereocenters. The molecule has 1 aromatic heterocycles. The maximum atomic E-state index is 12.1. The van der Waals surface area contributed by atoms with Crippen molar-refractivity contribution in [2.24, 2.45) is 0 Å². The number of pyridine rings is 1. The third-order valence-corrected chi connectivity index (χ3v) is 1.40. The Bertz CT molecular complexity index is 275. The van der Waals surface area contributed by atoms with Crippen molar-refractivity contribution in [3.8, 4) is 0 Å². The SMILES string of the molecule is Nc1cnc(CF)cc1C(F)F. The summed E-state index contributed by atoms with van der Waals surface area (Å²) in [7, 11) is 0. The van der Waals surface area contributed by atoms with E-state index < -0.39 is 13.1 Å². The zero-order valence-electron chi connectivity index (χ0n) is 6.10. The lowest BCUT2D eigenvalue weighted by Gasteiger charge is -2.04. The van der Waals surface area contributed by atoms with Gasteiger partial charge in [-0.15, -0.1) is 0 Å². The number of halogens is 3. The second-order valence-corrected chi connectivity index (χ2v) is 2.24. The van der Waals surface area contributed by atoms with Gasteiger partial charge in [0.05, 0.1) is 17.6 Å². The van der Waals surface area contributed by atoms with E-state index in [2.05, 4.69) is 4.98 Å². The molecule has 1 heterocycles. The van der Waals surface area contributed by atoms with Crippen molar-refractivity contribution in [3.05, 3.63) is 23.5 Å². The fourth-order valence-corrected chi connectivity index (χ4v) is 0.789. The Morgan fingerprint density at radius 2 is 2.17 bits per heavy atom. The van der Waals surface area contributed by atoms with Crippen molar-refractivity contribution < 1.29 is 13.2 Å². The molecule has 0 aromatic carbocycles. The highest BCUT2D eigenvalue weighted by Gasteiger charge is 2.12. The zero-order valence-corrected chi connectivity index (χ0v) is 6.10. The number of nitrogen functional groups attached to an aromatic ring is 1. The summed E-state index contributed by atoms with van der Waals surface area (Å²) in [6, 6.07) is 0.972. The van der Waals surface area contributed by atoms with Gasteiger partial charge in [-0.2, -0.15) is 0 Å². The molecule has 0 fully saturated rings. The van der Waals surface area contributed by atoms with Gasteiger partial charge in [-0.3, -0.25) is 4.98 Å². The van der Waals surface area contributed by atoms with Crippen LogP contribution in [0.2, 0.25) is 0 Å². The van der Waals surface area contributed by atoms with Crippen LogP contribution in [0.3, 0.4) is 0 Å². The maximum Gasteiger partial charge on any atom is 0.265 e. The van der Waals surface area contributed by atoms with Crippen molar-refractivity contribution in [2.75, 3.05) is 5.73 Å². The van der Waals surface area contributed by atoms with Gasteiger partial charge in [0.1, 0.15) is 6.67 Å². The highest BCUT2D eigenvalue weighted by Crippen LogP contribution is 2.24. The Balaban J connectivity index is 3.08. The molecule has 0 aliphatic rings. The van der Waals surface area contributed by atoms with Gasteiger partial charge in [0, 0.05) is 5.56 Å². The third kappa shape index (κ3) is 1.66. The van der Waals surface area contributed by atoms with E-state index in [4.69, 9.17) is 5.73 Å². The summed E-state index contributed by atoms with van der Waals surface area (Å²) in [5.74, 6) is 0. The van der Waals surface area contributed by atoms with Crippen molar-refractivity contribution in [1.82, 2.24) is 4.98 Å². The van der Waals surface area contributed by atoms with Gasteiger partial charge in [0.15, 0.2) is 0 Å². The van der Waals surface area contributed by atoms with Crippen LogP contribution in [0.15, 0.2) is 12.3 Å². The van der Waals surface area contributed by atoms with Gasteiger partial charge in [-0.25, -0.2) is 13.2 Å². The number of alkyl halides is 3. The van der Waals surface area contributed by atoms with Gasteiger partial charge < -0.3 is 5.73 Å². The number of hydrogen-bond acceptors (Lipinski definition) is 2. The molecule has 1 aromatic rings. The lowest BCUT2D eigenvalue weighted by atomic mass is 10.2. The van der Waals surface area contributed by atoms with E-state index in [1.54, 1.807) is 0 Å². The van der Waals surface area contributed by atoms with Crippen LogP contribution >= 0.6 is 0 Å². The molecule has 0 saturated heterocycles. The Hall–Kier alpha value is -1.26. The van der Waals surface area contributed by atoms with E-state index in [9.17, 15) is 13.2 Å². The first kappa shape index (κ1) is 8.83. The number of anilines is 1. The topological polar surface area (TPSA) is 38.9 Å². The van der Waals surface area contributed by atoms with Crippen LogP contribution in [0.25, 0.3) is 0 Å². The van der Waals surface area contributed by atoms with Crippen LogP contribution in [0.4, 0.5) is 18.9 Å². The Morgan fingerprint density at radius 3 is 2.67 bits per heavy atom. The molecule has 66 valence electrons. The van der Waals surface area contributed by atoms with E-state index in [1.165, 1.54) is 0 Å². The van der Waals surface area contributed by atoms with Crippen molar-refractivity contribution >= 4 is 5.69 Å². The smallest absolute Gasteiger partial charge is 0.265 e. The largest absolute Gasteiger partial charge is 0.397 e. The lowest BCUT2D eigenvalue weighted by molar-refractivity contribution is 0.152. The van der Waals surface area contributed by atoms with Crippen LogP contribution in [-0.4, -0.2) is 4.98 Å². The van der Waals surface area contributed by atoms with Gasteiger partial charge in [-0.05, 0) is 6.07 Å². The van der Waals surface area contributed by atoms with Gasteiger partial charge >= 0.3 is 0 Å². The molecular formula is C7H7F3N2. The molecule has 2 nitrogen and oxygen atoms in total. The number of nitrogens with two attached hydrogens (primary N) is 1. The summed E-state index contributed by atoms with van der Waals surface area (Å²) >= 11 is 0. The van der Waals surface area contributed by atoms with Crippen molar-refractivity contribution in [3.63, 3.8) is 0 Å². The lowest BCUT2D eigenvalue weighted by Crippen LogP contribution is -1.98. The monoisotopic (exact) mass is 176 g/mol. The predicted octanol–water partition coefficient (Wildman–Crippen LogP) is 2.07. The Kier molecular flexibility index (Phi) is 2.52. The first-order valence-electron chi connectivity index (χ1n) is 3.23. The number of hydrogen-bond donors (Lipinski definition) is 1. The minimum absolute atomic E-state index is 0.0282. The Labute approximate surface area is 67.2 Å². The molecule has 0 bridgehead atoms. The summed E-state index contributed by atoms with van der Waals surface area (Å²) in [5.41, 5.74) is 4.68. The summed E-state index contributed by atoms with van der Waals surface area (Å²) in [5, 5.41) is 0. The van der Waals surface area contributed by atoms with Gasteiger partial charge in [0.2, 0.25) is 0 Å². The minimum Gasteiger partial charge on any atom is -0.397 e. The molecule has 2 N–H and O–H groups in total. The quantitative estimate of drug-likeness (QED) is 0.749. The van der Waals surface area contributed by atoms with Gasteiger partial charge in [-0.1, -0.05) is 0 Å². The summed E-state index contributed by atoms with van der Waals surface area (Å²) in [6.07, 6.45) is -1.64. The molecule has 0 amide bonds. The molecule has 0 unspecified atom stereocenters. The zero-order chi connectivity index (χ0) is 9.14. The van der Waals surface area contributed by atoms with Crippen molar-refractivity contribution in [1.29, 1.82) is 0 Å². The molecule has 0 aliphatic carbocycles. The van der Waals surface area contributed by atoms with E-state index in [-0.39, 0.29) is 16.9 Å². The van der Waals surface area contributed by atoms with E-state index in [0.29, 0.717) is 0 Å². The molecule has 0 spiro atoms. The summed E-state index contributed by atoms with van der Waals surface area (Å²) in [4.78, 5) is 3.51. The summed E-state index contributed by atoms with van der Waals surface area (Å²) < 4.78 is 36.2. The average Bonchev–Trinajstić information content (AvgIpc) is 2.05. The van der Waals surface area contributed by atoms with Crippen LogP contribution in [0, 0.1) is 0 Å². The first-order valence-corrected chi connectivity index (χ1v) is 3.23. The molecule has 12 heavy (non-hydrogen) atoms. The fourth-order valence-electron chi connectivity index (χ4n) is 0.789. The van der Waals surface area contributed by atoms with Crippen molar-refractivity contribution in [2.45, 2.75) is 13.1 Å². The third-order valence-electron chi connectivity index (χ3n) is 1.40. The highest BCUT2D eigenvalue weighted by atomic mass is 19.3. The van der Waals surface area contributed by atoms with Crippen LogP contribution in [-0.2, 0) is 6.67 Å². The Morgan fingerprint density at radius 1 is 1.50 bits per heavy atom. The number of nitrogens with zero attached hydrogens (tertiary/aromatic N) is 1. The predicted molar refractivity (Wildman–Crippen MR) is 38.4 cm³/mol. The fraction of sp³-hybridized carbons (Fsp3) is 0.286. The van der Waals surface area contributed by atoms with E-state index >= 15 is 0 Å². The van der Waals surface area contributed by atoms with Crippen LogP contribution < -0.4 is 5.73 Å².